The van der Waals surface area contributed by atoms with E-state index in [-0.39, 0.29) is 0 Å². The Morgan fingerprint density at radius 1 is 0.826 bits per heavy atom. The lowest BCUT2D eigenvalue weighted by Gasteiger charge is -2.09. The van der Waals surface area contributed by atoms with Crippen molar-refractivity contribution in [1.29, 1.82) is 5.26 Å². The van der Waals surface area contributed by atoms with Crippen LogP contribution in [0.4, 0.5) is 5.69 Å². The van der Waals surface area contributed by atoms with Gasteiger partial charge in [-0.25, -0.2) is 4.99 Å². The smallest absolute Gasteiger partial charge is 0.0991 e. The highest BCUT2D eigenvalue weighted by Gasteiger charge is 2.08. The molecule has 23 heavy (non-hydrogen) atoms. The lowest BCUT2D eigenvalue weighted by Crippen LogP contribution is -2.02. The van der Waals surface area contributed by atoms with Gasteiger partial charge >= 0.3 is 0 Å². The molecule has 3 aromatic rings. The molecule has 0 saturated carbocycles. The largest absolute Gasteiger partial charge is 0.248 e. The molecule has 0 unspecified atom stereocenters. The van der Waals surface area contributed by atoms with E-state index in [1.54, 1.807) is 6.07 Å². The van der Waals surface area contributed by atoms with Gasteiger partial charge in [0.1, 0.15) is 0 Å². The summed E-state index contributed by atoms with van der Waals surface area (Å²) < 4.78 is 0. The van der Waals surface area contributed by atoms with Gasteiger partial charge in [0, 0.05) is 11.1 Å². The van der Waals surface area contributed by atoms with Crippen LogP contribution < -0.4 is 0 Å². The molecule has 0 spiro atoms. The van der Waals surface area contributed by atoms with Crippen molar-refractivity contribution in [1.82, 2.24) is 0 Å². The molecule has 0 saturated heterocycles. The minimum Gasteiger partial charge on any atom is -0.248 e. The van der Waals surface area contributed by atoms with Crippen LogP contribution in [0.2, 0.25) is 0 Å². The van der Waals surface area contributed by atoms with Crippen LogP contribution in [0.25, 0.3) is 0 Å². The van der Waals surface area contributed by atoms with Crippen molar-refractivity contribution in [3.05, 3.63) is 101 Å². The minimum atomic E-state index is 0.655. The summed E-state index contributed by atoms with van der Waals surface area (Å²) in [6, 6.07) is 28.0. The number of hydrogen-bond donors (Lipinski definition) is 0. The van der Waals surface area contributed by atoms with Crippen molar-refractivity contribution in [3.8, 4) is 6.07 Å². The molecule has 2 nitrogen and oxygen atoms in total. The Morgan fingerprint density at radius 2 is 1.39 bits per heavy atom. The van der Waals surface area contributed by atoms with Crippen LogP contribution in [-0.2, 0) is 0 Å². The monoisotopic (exact) mass is 296 g/mol. The zero-order chi connectivity index (χ0) is 16.1. The Labute approximate surface area is 136 Å². The first-order valence-electron chi connectivity index (χ1n) is 7.48. The minimum absolute atomic E-state index is 0.655. The molecule has 0 amide bonds. The van der Waals surface area contributed by atoms with Crippen LogP contribution in [0.5, 0.6) is 0 Å². The number of aryl methyl sites for hydroxylation is 1. The topological polar surface area (TPSA) is 36.1 Å². The molecule has 0 N–H and O–H groups in total. The number of aliphatic imine (C=N–C) groups is 1. The fraction of sp³-hybridized carbons (Fsp3) is 0.0476. The third-order valence-corrected chi connectivity index (χ3v) is 3.65. The molecule has 0 heterocycles. The van der Waals surface area contributed by atoms with Gasteiger partial charge in [0.15, 0.2) is 0 Å². The summed E-state index contributed by atoms with van der Waals surface area (Å²) >= 11 is 0. The molecule has 2 heteroatoms. The first-order valence-corrected chi connectivity index (χ1v) is 7.48. The van der Waals surface area contributed by atoms with Gasteiger partial charge in [0.25, 0.3) is 0 Å². The molecular weight excluding hydrogens is 280 g/mol. The Kier molecular flexibility index (Phi) is 4.31. The van der Waals surface area contributed by atoms with Gasteiger partial charge in [-0.3, -0.25) is 0 Å². The molecule has 0 aromatic heterocycles. The molecule has 0 fully saturated rings. The van der Waals surface area contributed by atoms with Crippen LogP contribution in [0.1, 0.15) is 22.3 Å². The fourth-order valence-corrected chi connectivity index (χ4v) is 2.46. The second-order valence-corrected chi connectivity index (χ2v) is 5.31. The van der Waals surface area contributed by atoms with Crippen LogP contribution in [0.3, 0.4) is 0 Å². The van der Waals surface area contributed by atoms with E-state index < -0.39 is 0 Å². The maximum atomic E-state index is 9.01. The first-order chi connectivity index (χ1) is 11.3. The molecule has 3 aromatic carbocycles. The van der Waals surface area contributed by atoms with Gasteiger partial charge in [-0.05, 0) is 30.7 Å². The Hall–Kier alpha value is -3.18. The lowest BCUT2D eigenvalue weighted by molar-refractivity contribution is 1.36. The van der Waals surface area contributed by atoms with Crippen molar-refractivity contribution in [2.45, 2.75) is 6.92 Å². The molecular formula is C21H16N2. The highest BCUT2D eigenvalue weighted by atomic mass is 14.8. The SMILES string of the molecule is Cc1cc(C#N)ccc1N=C(c1ccccc1)c1ccccc1. The maximum Gasteiger partial charge on any atom is 0.0991 e. The summed E-state index contributed by atoms with van der Waals surface area (Å²) in [5.74, 6) is 0. The van der Waals surface area contributed by atoms with E-state index in [1.807, 2.05) is 55.5 Å². The Bertz CT molecular complexity index is 831. The van der Waals surface area contributed by atoms with Gasteiger partial charge in [-0.2, -0.15) is 5.26 Å². The molecule has 3 rings (SSSR count). The first kappa shape index (κ1) is 14.7. The van der Waals surface area contributed by atoms with E-state index in [9.17, 15) is 0 Å². The van der Waals surface area contributed by atoms with Crippen LogP contribution in [-0.4, -0.2) is 5.71 Å². The highest BCUT2D eigenvalue weighted by Crippen LogP contribution is 2.23. The second kappa shape index (κ2) is 6.72. The normalized spacial score (nSPS) is 9.91. The van der Waals surface area contributed by atoms with Gasteiger partial charge in [-0.1, -0.05) is 60.7 Å². The number of benzene rings is 3. The molecule has 0 aliphatic rings. The van der Waals surface area contributed by atoms with Crippen molar-refractivity contribution in [2.24, 2.45) is 4.99 Å². The molecule has 0 aliphatic heterocycles. The molecule has 0 bridgehead atoms. The summed E-state index contributed by atoms with van der Waals surface area (Å²) in [5.41, 5.74) is 5.60. The molecule has 110 valence electrons. The zero-order valence-electron chi connectivity index (χ0n) is 12.9. The van der Waals surface area contributed by atoms with Crippen molar-refractivity contribution in [2.75, 3.05) is 0 Å². The Balaban J connectivity index is 2.15. The third-order valence-electron chi connectivity index (χ3n) is 3.65. The van der Waals surface area contributed by atoms with Crippen molar-refractivity contribution in [3.63, 3.8) is 0 Å². The average molecular weight is 296 g/mol. The van der Waals surface area contributed by atoms with E-state index >= 15 is 0 Å². The quantitative estimate of drug-likeness (QED) is 0.624. The van der Waals surface area contributed by atoms with E-state index in [2.05, 4.69) is 30.3 Å². The molecule has 0 radical (unpaired) electrons. The fourth-order valence-electron chi connectivity index (χ4n) is 2.46. The number of nitrogens with zero attached hydrogens (tertiary/aromatic N) is 2. The van der Waals surface area contributed by atoms with E-state index in [0.717, 1.165) is 28.1 Å². The van der Waals surface area contributed by atoms with Crippen LogP contribution >= 0.6 is 0 Å². The summed E-state index contributed by atoms with van der Waals surface area (Å²) in [6.07, 6.45) is 0. The van der Waals surface area contributed by atoms with Crippen LogP contribution in [0.15, 0.2) is 83.9 Å². The highest BCUT2D eigenvalue weighted by molar-refractivity contribution is 6.14. The average Bonchev–Trinajstić information content (AvgIpc) is 2.62. The van der Waals surface area contributed by atoms with Crippen molar-refractivity contribution >= 4 is 11.4 Å². The molecule has 0 aliphatic carbocycles. The molecule has 0 atom stereocenters. The van der Waals surface area contributed by atoms with Gasteiger partial charge in [0.05, 0.1) is 23.0 Å². The predicted molar refractivity (Wildman–Crippen MR) is 94.1 cm³/mol. The third kappa shape index (κ3) is 3.36. The van der Waals surface area contributed by atoms with Gasteiger partial charge in [0.2, 0.25) is 0 Å². The van der Waals surface area contributed by atoms with Crippen LogP contribution in [0, 0.1) is 18.3 Å². The van der Waals surface area contributed by atoms with E-state index in [4.69, 9.17) is 10.3 Å². The number of hydrogen-bond acceptors (Lipinski definition) is 2. The summed E-state index contributed by atoms with van der Waals surface area (Å²) in [7, 11) is 0. The number of nitriles is 1. The Morgan fingerprint density at radius 3 is 1.87 bits per heavy atom. The zero-order valence-corrected chi connectivity index (χ0v) is 12.9. The predicted octanol–water partition coefficient (Wildman–Crippen LogP) is 5.04. The van der Waals surface area contributed by atoms with Crippen molar-refractivity contribution < 1.29 is 0 Å². The summed E-state index contributed by atoms with van der Waals surface area (Å²) in [6.45, 7) is 1.98. The van der Waals surface area contributed by atoms with E-state index in [1.165, 1.54) is 0 Å². The maximum absolute atomic E-state index is 9.01. The summed E-state index contributed by atoms with van der Waals surface area (Å²) in [4.78, 5) is 4.88. The lowest BCUT2D eigenvalue weighted by atomic mass is 10.0. The number of rotatable bonds is 3. The second-order valence-electron chi connectivity index (χ2n) is 5.31. The van der Waals surface area contributed by atoms with Gasteiger partial charge < -0.3 is 0 Å². The van der Waals surface area contributed by atoms with E-state index in [0.29, 0.717) is 5.56 Å². The van der Waals surface area contributed by atoms with Gasteiger partial charge in [-0.15, -0.1) is 0 Å². The standard InChI is InChI=1S/C21H16N2/c1-16-14-17(15-22)12-13-20(16)23-21(18-8-4-2-5-9-18)19-10-6-3-7-11-19/h2-14H,1H3. The summed E-state index contributed by atoms with van der Waals surface area (Å²) in [5, 5.41) is 9.01.